The van der Waals surface area contributed by atoms with Crippen LogP contribution in [0.5, 0.6) is 0 Å². The lowest BCUT2D eigenvalue weighted by molar-refractivity contribution is -0.111. The van der Waals surface area contributed by atoms with Crippen molar-refractivity contribution in [2.45, 2.75) is 6.42 Å². The summed E-state index contributed by atoms with van der Waals surface area (Å²) in [6.07, 6.45) is 3.31. The number of halogens is 1. The molecule has 0 radical (unpaired) electrons. The third-order valence-electron chi connectivity index (χ3n) is 1.25. The van der Waals surface area contributed by atoms with Crippen LogP contribution in [0, 0.1) is 0 Å². The van der Waals surface area contributed by atoms with Crippen LogP contribution in [0.1, 0.15) is 6.42 Å². The van der Waals surface area contributed by atoms with Gasteiger partial charge < -0.3 is 4.74 Å². The van der Waals surface area contributed by atoms with Gasteiger partial charge in [0.2, 0.25) is 5.24 Å². The number of carbonyl (C=O) groups is 1. The van der Waals surface area contributed by atoms with Crippen LogP contribution in [-0.4, -0.2) is 12.4 Å². The summed E-state index contributed by atoms with van der Waals surface area (Å²) in [5.74, 6) is 0.434. The molecule has 0 heterocycles. The van der Waals surface area contributed by atoms with Crippen molar-refractivity contribution < 1.29 is 9.53 Å². The van der Waals surface area contributed by atoms with Gasteiger partial charge in [0.15, 0.2) is 0 Å². The molecular weight excluding hydrogens is 176 g/mol. The maximum atomic E-state index is 10.5. The van der Waals surface area contributed by atoms with Crippen LogP contribution in [0.2, 0.25) is 0 Å². The van der Waals surface area contributed by atoms with Gasteiger partial charge in [0.25, 0.3) is 0 Å². The van der Waals surface area contributed by atoms with Crippen molar-refractivity contribution >= 4 is 16.8 Å². The first-order valence-corrected chi connectivity index (χ1v) is 3.72. The minimum Gasteiger partial charge on any atom is -0.497 e. The highest BCUT2D eigenvalue weighted by Crippen LogP contribution is 2.14. The third kappa shape index (κ3) is 3.98. The maximum Gasteiger partial charge on any atom is 0.226 e. The summed E-state index contributed by atoms with van der Waals surface area (Å²) in [7, 11) is 1.48. The molecule has 0 N–H and O–H groups in total. The van der Waals surface area contributed by atoms with Gasteiger partial charge in [-0.2, -0.15) is 0 Å². The van der Waals surface area contributed by atoms with E-state index in [0.717, 1.165) is 0 Å². The van der Waals surface area contributed by atoms with E-state index in [-0.39, 0.29) is 6.42 Å². The van der Waals surface area contributed by atoms with Crippen molar-refractivity contribution in [1.29, 1.82) is 0 Å². The molecule has 0 aromatic rings. The highest BCUT2D eigenvalue weighted by molar-refractivity contribution is 6.63. The molecule has 0 aliphatic rings. The van der Waals surface area contributed by atoms with Crippen molar-refractivity contribution in [2.75, 3.05) is 7.11 Å². The Hall–Kier alpha value is -1.02. The molecule has 0 aliphatic heterocycles. The molecular formula is C9H11ClO2. The first kappa shape index (κ1) is 11.0. The quantitative estimate of drug-likeness (QED) is 0.375. The number of hydrogen-bond donors (Lipinski definition) is 0. The fraction of sp³-hybridized carbons (Fsp3) is 0.222. The second-order valence-corrected chi connectivity index (χ2v) is 2.51. The number of allylic oxidation sites excluding steroid dienone is 3. The van der Waals surface area contributed by atoms with Crippen LogP contribution in [0.25, 0.3) is 0 Å². The fourth-order valence-electron chi connectivity index (χ4n) is 0.674. The van der Waals surface area contributed by atoms with E-state index in [1.165, 1.54) is 7.11 Å². The van der Waals surface area contributed by atoms with Crippen molar-refractivity contribution in [3.8, 4) is 0 Å². The Bertz CT molecular complexity index is 229. The zero-order valence-corrected chi connectivity index (χ0v) is 7.73. The zero-order chi connectivity index (χ0) is 9.56. The van der Waals surface area contributed by atoms with E-state index in [0.29, 0.717) is 11.3 Å². The molecule has 0 aliphatic carbocycles. The zero-order valence-electron chi connectivity index (χ0n) is 6.97. The monoisotopic (exact) mass is 186 g/mol. The van der Waals surface area contributed by atoms with Crippen molar-refractivity contribution in [3.05, 3.63) is 36.6 Å². The summed E-state index contributed by atoms with van der Waals surface area (Å²) in [6.45, 7) is 7.09. The van der Waals surface area contributed by atoms with Gasteiger partial charge >= 0.3 is 0 Å². The summed E-state index contributed by atoms with van der Waals surface area (Å²) in [5.41, 5.74) is 0.646. The van der Waals surface area contributed by atoms with Gasteiger partial charge in [0.1, 0.15) is 5.76 Å². The van der Waals surface area contributed by atoms with E-state index in [4.69, 9.17) is 16.3 Å². The van der Waals surface area contributed by atoms with E-state index in [9.17, 15) is 4.79 Å². The molecule has 0 fully saturated rings. The topological polar surface area (TPSA) is 26.3 Å². The summed E-state index contributed by atoms with van der Waals surface area (Å²) in [5, 5.41) is -0.443. The Kier molecular flexibility index (Phi) is 5.13. The number of methoxy groups -OCH3 is 1. The summed E-state index contributed by atoms with van der Waals surface area (Å²) < 4.78 is 4.84. The molecule has 3 heteroatoms. The second-order valence-electron chi connectivity index (χ2n) is 2.09. The van der Waals surface area contributed by atoms with Gasteiger partial charge in [0.05, 0.1) is 13.5 Å². The Morgan fingerprint density at radius 3 is 2.58 bits per heavy atom. The van der Waals surface area contributed by atoms with Crippen LogP contribution in [0.15, 0.2) is 36.6 Å². The predicted molar refractivity (Wildman–Crippen MR) is 49.9 cm³/mol. The Balaban J connectivity index is 4.44. The molecule has 0 unspecified atom stereocenters. The summed E-state index contributed by atoms with van der Waals surface area (Å²) >= 11 is 5.20. The Labute approximate surface area is 77.2 Å². The molecule has 2 nitrogen and oxygen atoms in total. The van der Waals surface area contributed by atoms with Crippen molar-refractivity contribution in [3.63, 3.8) is 0 Å². The van der Waals surface area contributed by atoms with E-state index in [2.05, 4.69) is 13.2 Å². The highest BCUT2D eigenvalue weighted by Gasteiger charge is 2.05. The third-order valence-corrected chi connectivity index (χ3v) is 1.39. The minimum absolute atomic E-state index is 0.111. The van der Waals surface area contributed by atoms with Gasteiger partial charge in [-0.1, -0.05) is 25.3 Å². The smallest absolute Gasteiger partial charge is 0.226 e. The normalized spacial score (nSPS) is 10.7. The standard InChI is InChI=1S/C9H11ClO2/c1-4-5-8(6-9(10)11)7(2)12-3/h4-5H,1-2,6H2,3H3/b8-5-. The summed E-state index contributed by atoms with van der Waals surface area (Å²) in [6, 6.07) is 0. The molecule has 0 rings (SSSR count). The average Bonchev–Trinajstić information content (AvgIpc) is 2.01. The number of carbonyl (C=O) groups excluding carboxylic acids is 1. The van der Waals surface area contributed by atoms with E-state index >= 15 is 0 Å². The van der Waals surface area contributed by atoms with Crippen LogP contribution in [-0.2, 0) is 9.53 Å². The number of rotatable bonds is 5. The molecule has 66 valence electrons. The SMILES string of the molecule is C=C/C=C(/CC(=O)Cl)C(=C)OC. The van der Waals surface area contributed by atoms with Gasteiger partial charge in [-0.15, -0.1) is 0 Å². The second kappa shape index (κ2) is 5.61. The largest absolute Gasteiger partial charge is 0.497 e. The Morgan fingerprint density at radius 1 is 1.67 bits per heavy atom. The molecule has 0 bridgehead atoms. The summed E-state index contributed by atoms with van der Waals surface area (Å²) in [4.78, 5) is 10.5. The van der Waals surface area contributed by atoms with Gasteiger partial charge in [-0.05, 0) is 11.6 Å². The molecule has 0 atom stereocenters. The predicted octanol–water partition coefficient (Wildman–Crippen LogP) is 2.41. The molecule has 0 saturated heterocycles. The van der Waals surface area contributed by atoms with Crippen LogP contribution in [0.4, 0.5) is 0 Å². The Morgan fingerprint density at radius 2 is 2.25 bits per heavy atom. The molecule has 0 aromatic heterocycles. The van der Waals surface area contributed by atoms with E-state index < -0.39 is 5.24 Å². The van der Waals surface area contributed by atoms with Crippen molar-refractivity contribution in [1.82, 2.24) is 0 Å². The molecule has 0 saturated carbocycles. The first-order chi connectivity index (χ1) is 5.61. The lowest BCUT2D eigenvalue weighted by Gasteiger charge is -2.05. The van der Waals surface area contributed by atoms with Crippen LogP contribution >= 0.6 is 11.6 Å². The lowest BCUT2D eigenvalue weighted by atomic mass is 10.1. The molecule has 0 aromatic carbocycles. The lowest BCUT2D eigenvalue weighted by Crippen LogP contribution is -1.95. The van der Waals surface area contributed by atoms with Gasteiger partial charge in [-0.3, -0.25) is 4.79 Å². The molecule has 0 amide bonds. The highest BCUT2D eigenvalue weighted by atomic mass is 35.5. The van der Waals surface area contributed by atoms with E-state index in [1.807, 2.05) is 0 Å². The maximum absolute atomic E-state index is 10.5. The minimum atomic E-state index is -0.443. The molecule has 0 spiro atoms. The first-order valence-electron chi connectivity index (χ1n) is 3.35. The van der Waals surface area contributed by atoms with Gasteiger partial charge in [-0.25, -0.2) is 0 Å². The molecule has 12 heavy (non-hydrogen) atoms. The average molecular weight is 187 g/mol. The van der Waals surface area contributed by atoms with Crippen LogP contribution < -0.4 is 0 Å². The van der Waals surface area contributed by atoms with Crippen LogP contribution in [0.3, 0.4) is 0 Å². The number of hydrogen-bond acceptors (Lipinski definition) is 2. The fourth-order valence-corrected chi connectivity index (χ4v) is 0.818. The van der Waals surface area contributed by atoms with E-state index in [1.54, 1.807) is 12.2 Å². The van der Waals surface area contributed by atoms with Crippen molar-refractivity contribution in [2.24, 2.45) is 0 Å². The van der Waals surface area contributed by atoms with Gasteiger partial charge in [0, 0.05) is 5.57 Å². The number of ether oxygens (including phenoxy) is 1.